The second-order valence-electron chi connectivity index (χ2n) is 10.7. The number of allylic oxidation sites excluding steroid dienone is 1. The van der Waals surface area contributed by atoms with Crippen molar-refractivity contribution in [2.45, 2.75) is 62.8 Å². The summed E-state index contributed by atoms with van der Waals surface area (Å²) in [6.07, 6.45) is -4.86. The Balaban J connectivity index is 1.58. The van der Waals surface area contributed by atoms with Crippen LogP contribution in [0.5, 0.6) is 17.2 Å². The summed E-state index contributed by atoms with van der Waals surface area (Å²) in [5.41, 5.74) is -1.79. The van der Waals surface area contributed by atoms with Gasteiger partial charge >= 0.3 is 5.97 Å². The van der Waals surface area contributed by atoms with E-state index in [-0.39, 0.29) is 28.1 Å². The largest absolute Gasteiger partial charge is 0.508 e. The zero-order valence-electron chi connectivity index (χ0n) is 23.5. The molecule has 0 radical (unpaired) electrons. The lowest BCUT2D eigenvalue weighted by atomic mass is 9.89. The molecular weight excluding hydrogens is 564 g/mol. The number of ether oxygens (including phenoxy) is 2. The van der Waals surface area contributed by atoms with Crippen molar-refractivity contribution in [3.63, 3.8) is 0 Å². The standard InChI is InChI=1S/C31H34O12/c1-4-31(3,40)11-5-6-15(2)30(39)41-14-22-25(35)27(37)28(38)29(43-22)24-19(34)13-21-23(26(24)36)18(33)12-20(42-21)16-7-9-17(32)10-8-16/h4,6-10,12-13,22,25,27-29,32,34-38,40H,1,5,11,14H2,2-3H3/t22-,25+,27+,28+,29+,31-/m1/s1. The molecule has 4 rings (SSSR count). The van der Waals surface area contributed by atoms with Crippen LogP contribution in [-0.2, 0) is 14.3 Å². The Morgan fingerprint density at radius 1 is 1.07 bits per heavy atom. The number of phenolic OH excluding ortho intramolecular Hbond substituents is 3. The van der Waals surface area contributed by atoms with Gasteiger partial charge in [-0.25, -0.2) is 4.79 Å². The first-order valence-electron chi connectivity index (χ1n) is 13.5. The minimum Gasteiger partial charge on any atom is -0.508 e. The van der Waals surface area contributed by atoms with E-state index in [1.54, 1.807) is 13.0 Å². The van der Waals surface area contributed by atoms with Crippen molar-refractivity contribution in [1.82, 2.24) is 0 Å². The highest BCUT2D eigenvalue weighted by atomic mass is 16.6. The van der Waals surface area contributed by atoms with E-state index in [4.69, 9.17) is 13.9 Å². The van der Waals surface area contributed by atoms with Crippen molar-refractivity contribution in [3.05, 3.63) is 76.5 Å². The molecule has 230 valence electrons. The first-order chi connectivity index (χ1) is 20.2. The summed E-state index contributed by atoms with van der Waals surface area (Å²) in [6, 6.07) is 7.92. The molecule has 1 fully saturated rings. The molecule has 1 aromatic heterocycles. The SMILES string of the molecule is C=C[C@@](C)(O)CCC=C(C)C(=O)OC[C@H]1O[C@@H](c2c(O)cc3oc(-c4ccc(O)cc4)cc(=O)c3c2O)[C@@H](O)[C@@H](O)[C@H]1O. The van der Waals surface area contributed by atoms with Crippen LogP contribution in [0.3, 0.4) is 0 Å². The Kier molecular flexibility index (Phi) is 9.28. The topological polar surface area (TPSA) is 207 Å². The fraction of sp³-hybridized carbons (Fsp3) is 0.355. The molecule has 0 saturated carbocycles. The molecule has 2 aromatic carbocycles. The molecule has 6 atom stereocenters. The van der Waals surface area contributed by atoms with Crippen LogP contribution in [0.15, 0.2) is 69.9 Å². The maximum Gasteiger partial charge on any atom is 0.333 e. The van der Waals surface area contributed by atoms with Gasteiger partial charge in [-0.3, -0.25) is 4.79 Å². The van der Waals surface area contributed by atoms with Gasteiger partial charge in [0.2, 0.25) is 0 Å². The Labute approximate surface area is 246 Å². The second kappa shape index (κ2) is 12.6. The average molecular weight is 599 g/mol. The summed E-state index contributed by atoms with van der Waals surface area (Å²) in [7, 11) is 0. The molecule has 3 aromatic rings. The minimum atomic E-state index is -1.86. The maximum atomic E-state index is 13.0. The quantitative estimate of drug-likeness (QED) is 0.108. The summed E-state index contributed by atoms with van der Waals surface area (Å²) in [4.78, 5) is 25.5. The number of rotatable bonds is 9. The smallest absolute Gasteiger partial charge is 0.333 e. The fourth-order valence-electron chi connectivity index (χ4n) is 4.72. The van der Waals surface area contributed by atoms with E-state index in [1.807, 2.05) is 0 Å². The van der Waals surface area contributed by atoms with Crippen molar-refractivity contribution in [2.24, 2.45) is 0 Å². The molecule has 1 aliphatic heterocycles. The van der Waals surface area contributed by atoms with Gasteiger partial charge in [0.05, 0.1) is 11.2 Å². The molecule has 2 heterocycles. The third-order valence-corrected chi connectivity index (χ3v) is 7.40. The molecule has 1 aliphatic rings. The van der Waals surface area contributed by atoms with Crippen molar-refractivity contribution >= 4 is 16.9 Å². The molecule has 12 heteroatoms. The van der Waals surface area contributed by atoms with Crippen LogP contribution in [-0.4, -0.2) is 78.3 Å². The molecule has 0 unspecified atom stereocenters. The summed E-state index contributed by atoms with van der Waals surface area (Å²) in [6.45, 7) is 6.05. The van der Waals surface area contributed by atoms with Crippen molar-refractivity contribution < 1.29 is 54.4 Å². The zero-order valence-corrected chi connectivity index (χ0v) is 23.5. The van der Waals surface area contributed by atoms with Crippen LogP contribution in [0.1, 0.15) is 38.4 Å². The Bertz CT molecular complexity index is 1590. The number of aliphatic hydroxyl groups is 4. The van der Waals surface area contributed by atoms with E-state index in [1.165, 1.54) is 37.3 Å². The lowest BCUT2D eigenvalue weighted by Crippen LogP contribution is -2.55. The van der Waals surface area contributed by atoms with Gasteiger partial charge in [-0.15, -0.1) is 6.58 Å². The van der Waals surface area contributed by atoms with E-state index >= 15 is 0 Å². The normalized spacial score (nSPS) is 24.0. The summed E-state index contributed by atoms with van der Waals surface area (Å²) >= 11 is 0. The number of hydrogen-bond donors (Lipinski definition) is 7. The highest BCUT2D eigenvalue weighted by Crippen LogP contribution is 2.44. The predicted octanol–water partition coefficient (Wildman–Crippen LogP) is 2.31. The third-order valence-electron chi connectivity index (χ3n) is 7.40. The van der Waals surface area contributed by atoms with Crippen molar-refractivity contribution in [1.29, 1.82) is 0 Å². The average Bonchev–Trinajstić information content (AvgIpc) is 2.96. The van der Waals surface area contributed by atoms with Crippen LogP contribution in [0, 0.1) is 0 Å². The Morgan fingerprint density at radius 2 is 1.74 bits per heavy atom. The van der Waals surface area contributed by atoms with Crippen LogP contribution in [0.2, 0.25) is 0 Å². The van der Waals surface area contributed by atoms with Crippen molar-refractivity contribution in [2.75, 3.05) is 6.61 Å². The van der Waals surface area contributed by atoms with Crippen LogP contribution >= 0.6 is 0 Å². The van der Waals surface area contributed by atoms with E-state index < -0.39 is 71.2 Å². The Morgan fingerprint density at radius 3 is 2.40 bits per heavy atom. The van der Waals surface area contributed by atoms with E-state index in [0.29, 0.717) is 18.4 Å². The predicted molar refractivity (Wildman–Crippen MR) is 153 cm³/mol. The monoisotopic (exact) mass is 598 g/mol. The summed E-state index contributed by atoms with van der Waals surface area (Å²) in [5.74, 6) is -2.09. The van der Waals surface area contributed by atoms with Crippen LogP contribution in [0.4, 0.5) is 0 Å². The van der Waals surface area contributed by atoms with E-state index in [2.05, 4.69) is 6.58 Å². The number of hydrogen-bond acceptors (Lipinski definition) is 12. The first-order valence-corrected chi connectivity index (χ1v) is 13.5. The lowest BCUT2D eigenvalue weighted by molar-refractivity contribution is -0.234. The third kappa shape index (κ3) is 6.74. The molecule has 0 aliphatic carbocycles. The molecule has 0 spiro atoms. The van der Waals surface area contributed by atoms with Crippen LogP contribution < -0.4 is 5.43 Å². The van der Waals surface area contributed by atoms with Gasteiger partial charge in [0, 0.05) is 23.3 Å². The van der Waals surface area contributed by atoms with Gasteiger partial charge in [-0.1, -0.05) is 12.2 Å². The van der Waals surface area contributed by atoms with Crippen LogP contribution in [0.25, 0.3) is 22.3 Å². The molecule has 1 saturated heterocycles. The van der Waals surface area contributed by atoms with E-state index in [9.17, 15) is 45.3 Å². The highest BCUT2D eigenvalue weighted by Gasteiger charge is 2.46. The molecule has 7 N–H and O–H groups in total. The highest BCUT2D eigenvalue weighted by molar-refractivity contribution is 5.88. The van der Waals surface area contributed by atoms with Gasteiger partial charge in [-0.2, -0.15) is 0 Å². The number of carbonyl (C=O) groups excluding carboxylic acids is 1. The van der Waals surface area contributed by atoms with Gasteiger partial charge in [0.25, 0.3) is 0 Å². The van der Waals surface area contributed by atoms with Gasteiger partial charge in [-0.05, 0) is 51.0 Å². The molecule has 0 bridgehead atoms. The number of aliphatic hydroxyl groups excluding tert-OH is 3. The molecule has 0 amide bonds. The lowest BCUT2D eigenvalue weighted by Gasteiger charge is -2.40. The van der Waals surface area contributed by atoms with Crippen molar-refractivity contribution in [3.8, 4) is 28.6 Å². The fourth-order valence-corrected chi connectivity index (χ4v) is 4.72. The summed E-state index contributed by atoms with van der Waals surface area (Å²) in [5, 5.41) is 72.8. The molecule has 12 nitrogen and oxygen atoms in total. The number of carbonyl (C=O) groups is 1. The number of esters is 1. The van der Waals surface area contributed by atoms with Gasteiger partial charge in [0.15, 0.2) is 5.43 Å². The first kappa shape index (κ1) is 31.7. The number of fused-ring (bicyclic) bond motifs is 1. The number of benzene rings is 2. The second-order valence-corrected chi connectivity index (χ2v) is 10.7. The molecular formula is C31H34O12. The van der Waals surface area contributed by atoms with Gasteiger partial charge in [0.1, 0.15) is 71.1 Å². The summed E-state index contributed by atoms with van der Waals surface area (Å²) < 4.78 is 16.7. The maximum absolute atomic E-state index is 13.0. The van der Waals surface area contributed by atoms with E-state index in [0.717, 1.165) is 12.1 Å². The zero-order chi connectivity index (χ0) is 31.6. The molecule has 43 heavy (non-hydrogen) atoms. The van der Waals surface area contributed by atoms with Gasteiger partial charge < -0.3 is 49.6 Å². The number of aromatic hydroxyl groups is 3. The Hall–Kier alpha value is -4.20. The number of phenols is 3. The minimum absolute atomic E-state index is 0.000664.